The molecule has 0 aliphatic carbocycles. The fourth-order valence-electron chi connectivity index (χ4n) is 2.20. The van der Waals surface area contributed by atoms with Crippen LogP contribution in [0.3, 0.4) is 0 Å². The summed E-state index contributed by atoms with van der Waals surface area (Å²) >= 11 is 0. The van der Waals surface area contributed by atoms with E-state index in [2.05, 4.69) is 4.90 Å². The second-order valence-electron chi connectivity index (χ2n) is 4.12. The maximum Gasteiger partial charge on any atom is 0.240 e. The Balaban J connectivity index is 2.19. The molecular weight excluding hydrogens is 202 g/mol. The lowest BCUT2D eigenvalue weighted by Gasteiger charge is -2.24. The highest BCUT2D eigenvalue weighted by atomic mass is 16.1. The number of nitrogens with two attached hydrogens (primary N) is 2. The van der Waals surface area contributed by atoms with Crippen molar-refractivity contribution in [3.8, 4) is 0 Å². The van der Waals surface area contributed by atoms with Crippen molar-refractivity contribution in [2.75, 3.05) is 11.4 Å². The largest absolute Gasteiger partial charge is 0.368 e. The molecule has 1 unspecified atom stereocenters. The average Bonchev–Trinajstić information content (AvgIpc) is 2.78. The van der Waals surface area contributed by atoms with Crippen molar-refractivity contribution in [1.29, 1.82) is 0 Å². The molecule has 1 heterocycles. The summed E-state index contributed by atoms with van der Waals surface area (Å²) in [5.41, 5.74) is 13.1. The number of amides is 1. The van der Waals surface area contributed by atoms with Crippen molar-refractivity contribution in [1.82, 2.24) is 0 Å². The van der Waals surface area contributed by atoms with E-state index in [0.717, 1.165) is 30.6 Å². The van der Waals surface area contributed by atoms with Crippen molar-refractivity contribution in [3.63, 3.8) is 0 Å². The summed E-state index contributed by atoms with van der Waals surface area (Å²) in [4.78, 5) is 13.3. The van der Waals surface area contributed by atoms with E-state index in [1.54, 1.807) is 0 Å². The molecule has 4 N–H and O–H groups in total. The van der Waals surface area contributed by atoms with Crippen LogP contribution in [0.2, 0.25) is 0 Å². The molecule has 0 radical (unpaired) electrons. The standard InChI is InChI=1S/C12H17N3O/c13-8-9-3-5-10(6-4-9)15-7-1-2-11(15)12(14)16/h3-6,11H,1-2,7-8,13H2,(H2,14,16). The molecule has 0 bridgehead atoms. The van der Waals surface area contributed by atoms with Crippen LogP contribution in [0.5, 0.6) is 0 Å². The van der Waals surface area contributed by atoms with Crippen molar-refractivity contribution >= 4 is 11.6 Å². The van der Waals surface area contributed by atoms with E-state index in [1.165, 1.54) is 0 Å². The molecule has 1 atom stereocenters. The van der Waals surface area contributed by atoms with Crippen LogP contribution in [0.4, 0.5) is 5.69 Å². The first-order valence-corrected chi connectivity index (χ1v) is 5.57. The van der Waals surface area contributed by atoms with Crippen molar-refractivity contribution in [3.05, 3.63) is 29.8 Å². The van der Waals surface area contributed by atoms with Crippen LogP contribution in [0.15, 0.2) is 24.3 Å². The molecule has 2 rings (SSSR count). The van der Waals surface area contributed by atoms with Gasteiger partial charge in [-0.25, -0.2) is 0 Å². The summed E-state index contributed by atoms with van der Waals surface area (Å²) in [5, 5.41) is 0. The molecule has 1 fully saturated rings. The number of carbonyl (C=O) groups excluding carboxylic acids is 1. The van der Waals surface area contributed by atoms with Crippen LogP contribution in [-0.4, -0.2) is 18.5 Å². The lowest BCUT2D eigenvalue weighted by Crippen LogP contribution is -2.40. The normalized spacial score (nSPS) is 20.1. The Morgan fingerprint density at radius 1 is 1.38 bits per heavy atom. The molecule has 0 saturated carbocycles. The number of hydrogen-bond acceptors (Lipinski definition) is 3. The minimum atomic E-state index is -0.236. The number of rotatable bonds is 3. The van der Waals surface area contributed by atoms with E-state index >= 15 is 0 Å². The third kappa shape index (κ3) is 2.02. The van der Waals surface area contributed by atoms with E-state index in [-0.39, 0.29) is 11.9 Å². The predicted molar refractivity (Wildman–Crippen MR) is 63.9 cm³/mol. The second-order valence-corrected chi connectivity index (χ2v) is 4.12. The minimum Gasteiger partial charge on any atom is -0.368 e. The zero-order valence-electron chi connectivity index (χ0n) is 9.23. The maximum atomic E-state index is 11.3. The molecule has 1 aliphatic rings. The highest BCUT2D eigenvalue weighted by Crippen LogP contribution is 2.25. The number of carbonyl (C=O) groups is 1. The van der Waals surface area contributed by atoms with Crippen LogP contribution < -0.4 is 16.4 Å². The highest BCUT2D eigenvalue weighted by Gasteiger charge is 2.28. The van der Waals surface area contributed by atoms with Gasteiger partial charge in [-0.2, -0.15) is 0 Å². The molecule has 1 aromatic rings. The topological polar surface area (TPSA) is 72.3 Å². The highest BCUT2D eigenvalue weighted by molar-refractivity contribution is 5.84. The summed E-state index contributed by atoms with van der Waals surface area (Å²) < 4.78 is 0. The zero-order chi connectivity index (χ0) is 11.5. The Labute approximate surface area is 95.2 Å². The smallest absolute Gasteiger partial charge is 0.240 e. The van der Waals surface area contributed by atoms with Gasteiger partial charge in [0.1, 0.15) is 6.04 Å². The molecular formula is C12H17N3O. The van der Waals surface area contributed by atoms with Gasteiger partial charge in [0.05, 0.1) is 0 Å². The Morgan fingerprint density at radius 2 is 2.06 bits per heavy atom. The number of primary amides is 1. The molecule has 1 aromatic carbocycles. The van der Waals surface area contributed by atoms with E-state index < -0.39 is 0 Å². The number of benzene rings is 1. The Kier molecular flexibility index (Phi) is 3.10. The van der Waals surface area contributed by atoms with Gasteiger partial charge in [-0.3, -0.25) is 4.79 Å². The fourth-order valence-corrected chi connectivity index (χ4v) is 2.20. The lowest BCUT2D eigenvalue weighted by atomic mass is 10.1. The zero-order valence-corrected chi connectivity index (χ0v) is 9.23. The van der Waals surface area contributed by atoms with Gasteiger partial charge >= 0.3 is 0 Å². The Bertz CT molecular complexity index is 374. The van der Waals surface area contributed by atoms with Crippen LogP contribution in [0.1, 0.15) is 18.4 Å². The van der Waals surface area contributed by atoms with Crippen molar-refractivity contribution < 1.29 is 4.79 Å². The van der Waals surface area contributed by atoms with Crippen LogP contribution in [-0.2, 0) is 11.3 Å². The minimum absolute atomic E-state index is 0.149. The monoisotopic (exact) mass is 219 g/mol. The third-order valence-electron chi connectivity index (χ3n) is 3.08. The molecule has 0 spiro atoms. The van der Waals surface area contributed by atoms with Gasteiger partial charge in [0, 0.05) is 18.8 Å². The summed E-state index contributed by atoms with van der Waals surface area (Å²) in [5.74, 6) is -0.236. The Hall–Kier alpha value is -1.55. The van der Waals surface area contributed by atoms with Crippen LogP contribution >= 0.6 is 0 Å². The van der Waals surface area contributed by atoms with Gasteiger partial charge in [-0.1, -0.05) is 12.1 Å². The van der Waals surface area contributed by atoms with Gasteiger partial charge < -0.3 is 16.4 Å². The molecule has 1 aliphatic heterocycles. The van der Waals surface area contributed by atoms with Crippen LogP contribution in [0, 0.1) is 0 Å². The van der Waals surface area contributed by atoms with E-state index in [1.807, 2.05) is 24.3 Å². The lowest BCUT2D eigenvalue weighted by molar-refractivity contribution is -0.119. The van der Waals surface area contributed by atoms with E-state index in [0.29, 0.717) is 6.54 Å². The van der Waals surface area contributed by atoms with Crippen molar-refractivity contribution in [2.24, 2.45) is 11.5 Å². The quantitative estimate of drug-likeness (QED) is 0.782. The number of hydrogen-bond donors (Lipinski definition) is 2. The summed E-state index contributed by atoms with van der Waals surface area (Å²) in [6.07, 6.45) is 1.88. The van der Waals surface area contributed by atoms with Crippen molar-refractivity contribution in [2.45, 2.75) is 25.4 Å². The van der Waals surface area contributed by atoms with Gasteiger partial charge in [0.2, 0.25) is 5.91 Å². The Morgan fingerprint density at radius 3 is 2.62 bits per heavy atom. The first-order chi connectivity index (χ1) is 7.72. The van der Waals surface area contributed by atoms with E-state index in [4.69, 9.17) is 11.5 Å². The maximum absolute atomic E-state index is 11.3. The fraction of sp³-hybridized carbons (Fsp3) is 0.417. The molecule has 1 amide bonds. The summed E-state index contributed by atoms with van der Waals surface area (Å²) in [6.45, 7) is 1.44. The molecule has 4 nitrogen and oxygen atoms in total. The molecule has 0 aromatic heterocycles. The molecule has 86 valence electrons. The second kappa shape index (κ2) is 4.53. The third-order valence-corrected chi connectivity index (χ3v) is 3.08. The van der Waals surface area contributed by atoms with Gasteiger partial charge in [-0.15, -0.1) is 0 Å². The summed E-state index contributed by atoms with van der Waals surface area (Å²) in [7, 11) is 0. The SMILES string of the molecule is NCc1ccc(N2CCCC2C(N)=O)cc1. The average molecular weight is 219 g/mol. The van der Waals surface area contributed by atoms with Gasteiger partial charge in [0.15, 0.2) is 0 Å². The predicted octanol–water partition coefficient (Wildman–Crippen LogP) is 0.599. The van der Waals surface area contributed by atoms with E-state index in [9.17, 15) is 4.79 Å². The first kappa shape index (κ1) is 11.0. The molecule has 16 heavy (non-hydrogen) atoms. The van der Waals surface area contributed by atoms with Crippen LogP contribution in [0.25, 0.3) is 0 Å². The molecule has 1 saturated heterocycles. The number of nitrogens with zero attached hydrogens (tertiary/aromatic N) is 1. The summed E-state index contributed by atoms with van der Waals surface area (Å²) in [6, 6.07) is 7.84. The first-order valence-electron chi connectivity index (χ1n) is 5.57. The molecule has 4 heteroatoms. The van der Waals surface area contributed by atoms with Gasteiger partial charge in [-0.05, 0) is 30.5 Å². The number of anilines is 1. The van der Waals surface area contributed by atoms with Gasteiger partial charge in [0.25, 0.3) is 0 Å².